The lowest BCUT2D eigenvalue weighted by molar-refractivity contribution is -0.133. The molecule has 0 bridgehead atoms. The molecule has 1 amide bonds. The van der Waals surface area contributed by atoms with E-state index in [1.54, 1.807) is 0 Å². The fourth-order valence-electron chi connectivity index (χ4n) is 2.95. The number of rotatable bonds is 2. The standard InChI is InChI=1S/C14H26N2O/c1-14(2)5-3-12(4-6-14)11-13(17)16-9-7-15-8-10-16/h12,15H,3-11H2,1-2H3. The van der Waals surface area contributed by atoms with Crippen molar-refractivity contribution in [1.82, 2.24) is 10.2 Å². The van der Waals surface area contributed by atoms with Gasteiger partial charge in [0.05, 0.1) is 0 Å². The van der Waals surface area contributed by atoms with E-state index in [4.69, 9.17) is 0 Å². The summed E-state index contributed by atoms with van der Waals surface area (Å²) in [5.41, 5.74) is 0.509. The van der Waals surface area contributed by atoms with Crippen LogP contribution in [0, 0.1) is 11.3 Å². The Morgan fingerprint density at radius 3 is 2.41 bits per heavy atom. The van der Waals surface area contributed by atoms with Gasteiger partial charge < -0.3 is 10.2 Å². The van der Waals surface area contributed by atoms with E-state index in [1.807, 2.05) is 4.90 Å². The fourth-order valence-corrected chi connectivity index (χ4v) is 2.95. The minimum atomic E-state index is 0.385. The maximum absolute atomic E-state index is 12.1. The molecule has 1 aliphatic carbocycles. The third-order valence-electron chi connectivity index (χ3n) is 4.39. The summed E-state index contributed by atoms with van der Waals surface area (Å²) in [4.78, 5) is 14.2. The fraction of sp³-hybridized carbons (Fsp3) is 0.929. The molecule has 98 valence electrons. The third-order valence-corrected chi connectivity index (χ3v) is 4.39. The lowest BCUT2D eigenvalue weighted by Gasteiger charge is -2.35. The molecule has 2 fully saturated rings. The van der Waals surface area contributed by atoms with Crippen LogP contribution in [-0.4, -0.2) is 37.0 Å². The second-order valence-electron chi connectivity index (χ2n) is 6.44. The summed E-state index contributed by atoms with van der Waals surface area (Å²) >= 11 is 0. The maximum Gasteiger partial charge on any atom is 0.222 e. The van der Waals surface area contributed by atoms with E-state index < -0.39 is 0 Å². The Bertz CT molecular complexity index is 259. The predicted molar refractivity (Wildman–Crippen MR) is 69.8 cm³/mol. The molecule has 2 aliphatic rings. The van der Waals surface area contributed by atoms with Crippen LogP contribution in [0.4, 0.5) is 0 Å². The van der Waals surface area contributed by atoms with Crippen molar-refractivity contribution in [2.45, 2.75) is 46.0 Å². The van der Waals surface area contributed by atoms with Crippen molar-refractivity contribution < 1.29 is 4.79 Å². The largest absolute Gasteiger partial charge is 0.340 e. The zero-order chi connectivity index (χ0) is 12.3. The van der Waals surface area contributed by atoms with E-state index in [1.165, 1.54) is 25.7 Å². The molecule has 3 nitrogen and oxygen atoms in total. The van der Waals surface area contributed by atoms with Crippen LogP contribution < -0.4 is 5.32 Å². The lowest BCUT2D eigenvalue weighted by atomic mass is 9.72. The topological polar surface area (TPSA) is 32.3 Å². The highest BCUT2D eigenvalue weighted by Crippen LogP contribution is 2.39. The zero-order valence-electron chi connectivity index (χ0n) is 11.3. The summed E-state index contributed by atoms with van der Waals surface area (Å²) in [7, 11) is 0. The number of nitrogens with one attached hydrogen (secondary N) is 1. The number of piperazine rings is 1. The van der Waals surface area contributed by atoms with Gasteiger partial charge in [0, 0.05) is 32.6 Å². The first-order valence-electron chi connectivity index (χ1n) is 7.05. The summed E-state index contributed by atoms with van der Waals surface area (Å²) < 4.78 is 0. The summed E-state index contributed by atoms with van der Waals surface area (Å²) in [5.74, 6) is 1.03. The summed E-state index contributed by atoms with van der Waals surface area (Å²) in [5, 5.41) is 3.29. The van der Waals surface area contributed by atoms with Gasteiger partial charge in [0.25, 0.3) is 0 Å². The average molecular weight is 238 g/mol. The highest BCUT2D eigenvalue weighted by molar-refractivity contribution is 5.76. The SMILES string of the molecule is CC1(C)CCC(CC(=O)N2CCNCC2)CC1. The Balaban J connectivity index is 1.75. The second kappa shape index (κ2) is 5.38. The molecule has 0 aromatic rings. The van der Waals surface area contributed by atoms with Crippen molar-refractivity contribution in [2.75, 3.05) is 26.2 Å². The first-order chi connectivity index (χ1) is 8.07. The van der Waals surface area contributed by atoms with Gasteiger partial charge in [-0.2, -0.15) is 0 Å². The maximum atomic E-state index is 12.1. The van der Waals surface area contributed by atoms with Gasteiger partial charge in [-0.15, -0.1) is 0 Å². The van der Waals surface area contributed by atoms with Crippen LogP contribution in [0.5, 0.6) is 0 Å². The summed E-state index contributed by atoms with van der Waals surface area (Å²) in [6, 6.07) is 0. The van der Waals surface area contributed by atoms with Gasteiger partial charge in [0.2, 0.25) is 5.91 Å². The van der Waals surface area contributed by atoms with Gasteiger partial charge in [-0.1, -0.05) is 13.8 Å². The molecule has 0 spiro atoms. The second-order valence-corrected chi connectivity index (χ2v) is 6.44. The molecule has 1 saturated heterocycles. The van der Waals surface area contributed by atoms with Crippen LogP contribution in [0.25, 0.3) is 0 Å². The molecule has 1 aliphatic heterocycles. The van der Waals surface area contributed by atoms with E-state index in [0.717, 1.165) is 32.6 Å². The molecular weight excluding hydrogens is 212 g/mol. The van der Waals surface area contributed by atoms with Crippen LogP contribution in [0.2, 0.25) is 0 Å². The Kier molecular flexibility index (Phi) is 4.08. The number of carbonyl (C=O) groups excluding carboxylic acids is 1. The molecule has 0 aromatic carbocycles. The van der Waals surface area contributed by atoms with Crippen molar-refractivity contribution in [2.24, 2.45) is 11.3 Å². The van der Waals surface area contributed by atoms with E-state index in [-0.39, 0.29) is 0 Å². The first kappa shape index (κ1) is 12.9. The van der Waals surface area contributed by atoms with Gasteiger partial charge in [-0.05, 0) is 37.0 Å². The summed E-state index contributed by atoms with van der Waals surface area (Å²) in [6.07, 6.45) is 5.84. The quantitative estimate of drug-likeness (QED) is 0.798. The van der Waals surface area contributed by atoms with Crippen LogP contribution in [0.15, 0.2) is 0 Å². The van der Waals surface area contributed by atoms with Gasteiger partial charge >= 0.3 is 0 Å². The number of hydrogen-bond acceptors (Lipinski definition) is 2. The smallest absolute Gasteiger partial charge is 0.222 e. The highest BCUT2D eigenvalue weighted by Gasteiger charge is 2.29. The van der Waals surface area contributed by atoms with Crippen LogP contribution in [0.1, 0.15) is 46.0 Å². The molecule has 1 saturated carbocycles. The molecule has 0 unspecified atom stereocenters. The first-order valence-corrected chi connectivity index (χ1v) is 7.05. The van der Waals surface area contributed by atoms with Crippen LogP contribution >= 0.6 is 0 Å². The summed E-state index contributed by atoms with van der Waals surface area (Å²) in [6.45, 7) is 8.42. The van der Waals surface area contributed by atoms with Crippen molar-refractivity contribution in [3.63, 3.8) is 0 Å². The van der Waals surface area contributed by atoms with Crippen molar-refractivity contribution in [3.8, 4) is 0 Å². The Hall–Kier alpha value is -0.570. The van der Waals surface area contributed by atoms with E-state index in [2.05, 4.69) is 19.2 Å². The number of nitrogens with zero attached hydrogens (tertiary/aromatic N) is 1. The lowest BCUT2D eigenvalue weighted by Crippen LogP contribution is -2.46. The molecule has 3 heteroatoms. The van der Waals surface area contributed by atoms with E-state index >= 15 is 0 Å². The molecule has 2 rings (SSSR count). The third kappa shape index (κ3) is 3.70. The Morgan fingerprint density at radius 1 is 1.24 bits per heavy atom. The molecule has 0 radical (unpaired) electrons. The number of carbonyl (C=O) groups is 1. The Morgan fingerprint density at radius 2 is 1.82 bits per heavy atom. The Labute approximate surface area is 105 Å². The van der Waals surface area contributed by atoms with Gasteiger partial charge in [0.1, 0.15) is 0 Å². The van der Waals surface area contributed by atoms with E-state index in [9.17, 15) is 4.79 Å². The molecule has 1 heterocycles. The van der Waals surface area contributed by atoms with E-state index in [0.29, 0.717) is 17.2 Å². The van der Waals surface area contributed by atoms with Crippen molar-refractivity contribution in [1.29, 1.82) is 0 Å². The van der Waals surface area contributed by atoms with Gasteiger partial charge in [0.15, 0.2) is 0 Å². The molecular formula is C14H26N2O. The monoisotopic (exact) mass is 238 g/mol. The normalized spacial score (nSPS) is 25.9. The number of hydrogen-bond donors (Lipinski definition) is 1. The zero-order valence-corrected chi connectivity index (χ0v) is 11.3. The van der Waals surface area contributed by atoms with Crippen molar-refractivity contribution in [3.05, 3.63) is 0 Å². The highest BCUT2D eigenvalue weighted by atomic mass is 16.2. The van der Waals surface area contributed by atoms with Gasteiger partial charge in [-0.25, -0.2) is 0 Å². The minimum absolute atomic E-state index is 0.385. The van der Waals surface area contributed by atoms with Gasteiger partial charge in [-0.3, -0.25) is 4.79 Å². The molecule has 0 atom stereocenters. The molecule has 1 N–H and O–H groups in total. The van der Waals surface area contributed by atoms with Crippen LogP contribution in [-0.2, 0) is 4.79 Å². The van der Waals surface area contributed by atoms with Crippen molar-refractivity contribution >= 4 is 5.91 Å². The molecule has 17 heavy (non-hydrogen) atoms. The number of amides is 1. The minimum Gasteiger partial charge on any atom is -0.340 e. The molecule has 0 aromatic heterocycles. The van der Waals surface area contributed by atoms with Crippen LogP contribution in [0.3, 0.4) is 0 Å². The predicted octanol–water partition coefficient (Wildman–Crippen LogP) is 2.02. The average Bonchev–Trinajstić information content (AvgIpc) is 2.33.